The van der Waals surface area contributed by atoms with Gasteiger partial charge in [-0.3, -0.25) is 9.63 Å². The summed E-state index contributed by atoms with van der Waals surface area (Å²) in [6.45, 7) is 5.25. The molecule has 0 radical (unpaired) electrons. The lowest BCUT2D eigenvalue weighted by Crippen LogP contribution is -2.45. The molecular formula is C13H23NO5. The highest BCUT2D eigenvalue weighted by Gasteiger charge is 2.37. The number of nitrogens with one attached hydrogen (secondary N) is 1. The second kappa shape index (κ2) is 6.23. The van der Waals surface area contributed by atoms with Crippen LogP contribution in [0.1, 0.15) is 59.3 Å². The highest BCUT2D eigenvalue weighted by Crippen LogP contribution is 2.33. The summed E-state index contributed by atoms with van der Waals surface area (Å²) in [5.74, 6) is -0.923. The molecule has 0 bridgehead atoms. The number of hydrogen-bond donors (Lipinski definition) is 2. The van der Waals surface area contributed by atoms with E-state index in [-0.39, 0.29) is 6.42 Å². The maximum absolute atomic E-state index is 11.5. The van der Waals surface area contributed by atoms with E-state index in [0.717, 1.165) is 19.3 Å². The van der Waals surface area contributed by atoms with E-state index >= 15 is 0 Å². The Bertz CT molecular complexity index is 328. The first-order valence-corrected chi connectivity index (χ1v) is 6.61. The number of aliphatic carboxylic acids is 1. The van der Waals surface area contributed by atoms with Gasteiger partial charge in [-0.2, -0.15) is 5.48 Å². The van der Waals surface area contributed by atoms with E-state index < -0.39 is 23.3 Å². The lowest BCUT2D eigenvalue weighted by Gasteiger charge is -2.35. The molecule has 0 atom stereocenters. The number of carboxylic acids is 1. The minimum absolute atomic E-state index is 0.108. The predicted octanol–water partition coefficient (Wildman–Crippen LogP) is 2.62. The molecule has 1 saturated carbocycles. The van der Waals surface area contributed by atoms with Crippen molar-refractivity contribution in [2.24, 2.45) is 0 Å². The molecular weight excluding hydrogens is 250 g/mol. The molecule has 1 aliphatic carbocycles. The second-order valence-electron chi connectivity index (χ2n) is 6.02. The van der Waals surface area contributed by atoms with Crippen molar-refractivity contribution >= 4 is 12.1 Å². The summed E-state index contributed by atoms with van der Waals surface area (Å²) in [7, 11) is 0. The van der Waals surface area contributed by atoms with Gasteiger partial charge in [0.1, 0.15) is 11.2 Å². The molecule has 0 aliphatic heterocycles. The zero-order valence-corrected chi connectivity index (χ0v) is 11.8. The topological polar surface area (TPSA) is 84.9 Å². The Morgan fingerprint density at radius 2 is 1.79 bits per heavy atom. The smallest absolute Gasteiger partial charge is 0.431 e. The fraction of sp³-hybridized carbons (Fsp3) is 0.846. The maximum atomic E-state index is 11.5. The van der Waals surface area contributed by atoms with Gasteiger partial charge in [-0.15, -0.1) is 0 Å². The maximum Gasteiger partial charge on any atom is 0.431 e. The van der Waals surface area contributed by atoms with Crippen LogP contribution < -0.4 is 5.48 Å². The molecule has 0 aromatic carbocycles. The number of rotatable bonds is 4. The summed E-state index contributed by atoms with van der Waals surface area (Å²) >= 11 is 0. The molecule has 0 saturated heterocycles. The lowest BCUT2D eigenvalue weighted by molar-refractivity contribution is -0.158. The number of amides is 1. The normalized spacial score (nSPS) is 18.7. The Kier molecular flexibility index (Phi) is 5.17. The van der Waals surface area contributed by atoms with Crippen molar-refractivity contribution in [2.45, 2.75) is 70.5 Å². The summed E-state index contributed by atoms with van der Waals surface area (Å²) in [6.07, 6.45) is 3.35. The van der Waals surface area contributed by atoms with Crippen molar-refractivity contribution in [3.63, 3.8) is 0 Å². The quantitative estimate of drug-likeness (QED) is 0.769. The summed E-state index contributed by atoms with van der Waals surface area (Å²) in [4.78, 5) is 27.8. The summed E-state index contributed by atoms with van der Waals surface area (Å²) in [5.41, 5.74) is 0.815. The lowest BCUT2D eigenvalue weighted by atomic mass is 9.82. The summed E-state index contributed by atoms with van der Waals surface area (Å²) in [5, 5.41) is 8.96. The molecule has 2 N–H and O–H groups in total. The Labute approximate surface area is 113 Å². The largest absolute Gasteiger partial charge is 0.481 e. The van der Waals surface area contributed by atoms with Crippen LogP contribution >= 0.6 is 0 Å². The van der Waals surface area contributed by atoms with Crippen molar-refractivity contribution in [1.29, 1.82) is 0 Å². The summed E-state index contributed by atoms with van der Waals surface area (Å²) in [6, 6.07) is 0. The minimum atomic E-state index is -0.923. The van der Waals surface area contributed by atoms with E-state index in [1.54, 1.807) is 20.8 Å². The van der Waals surface area contributed by atoms with Crippen molar-refractivity contribution in [3.8, 4) is 0 Å². The first-order chi connectivity index (χ1) is 8.72. The van der Waals surface area contributed by atoms with Crippen LogP contribution in [0.25, 0.3) is 0 Å². The van der Waals surface area contributed by atoms with Crippen molar-refractivity contribution in [1.82, 2.24) is 5.48 Å². The Morgan fingerprint density at radius 3 is 2.26 bits per heavy atom. The van der Waals surface area contributed by atoms with Crippen LogP contribution in [0, 0.1) is 0 Å². The van der Waals surface area contributed by atoms with Crippen LogP contribution in [0.5, 0.6) is 0 Å². The van der Waals surface area contributed by atoms with E-state index in [1.165, 1.54) is 0 Å². The molecule has 6 nitrogen and oxygen atoms in total. The van der Waals surface area contributed by atoms with Crippen LogP contribution in [0.15, 0.2) is 0 Å². The van der Waals surface area contributed by atoms with E-state index in [0.29, 0.717) is 12.8 Å². The zero-order valence-electron chi connectivity index (χ0n) is 11.8. The van der Waals surface area contributed by atoms with Gasteiger partial charge in [0.15, 0.2) is 0 Å². The predicted molar refractivity (Wildman–Crippen MR) is 68.5 cm³/mol. The number of carbonyl (C=O) groups excluding carboxylic acids is 1. The molecule has 1 amide bonds. The van der Waals surface area contributed by atoms with Crippen LogP contribution in [0.2, 0.25) is 0 Å². The Balaban J connectivity index is 2.53. The van der Waals surface area contributed by atoms with Crippen LogP contribution in [-0.2, 0) is 14.4 Å². The van der Waals surface area contributed by atoms with Gasteiger partial charge < -0.3 is 9.84 Å². The Hall–Kier alpha value is -1.30. The number of ether oxygens (including phenoxy) is 1. The molecule has 110 valence electrons. The summed E-state index contributed by atoms with van der Waals surface area (Å²) < 4.78 is 5.06. The van der Waals surface area contributed by atoms with Gasteiger partial charge in [0.2, 0.25) is 0 Å². The third-order valence-electron chi connectivity index (χ3n) is 2.99. The molecule has 19 heavy (non-hydrogen) atoms. The average Bonchev–Trinajstić information content (AvgIpc) is 2.24. The highest BCUT2D eigenvalue weighted by molar-refractivity contribution is 5.68. The van der Waals surface area contributed by atoms with Gasteiger partial charge in [-0.1, -0.05) is 19.3 Å². The van der Waals surface area contributed by atoms with E-state index in [1.807, 2.05) is 0 Å². The SMILES string of the molecule is CC(C)(C)OC(=O)NOC1(CC(=O)O)CCCCC1. The first-order valence-electron chi connectivity index (χ1n) is 6.61. The number of carbonyl (C=O) groups is 2. The Morgan fingerprint density at radius 1 is 1.21 bits per heavy atom. The molecule has 0 heterocycles. The number of hydrogen-bond acceptors (Lipinski definition) is 4. The van der Waals surface area contributed by atoms with Crippen molar-refractivity contribution in [2.75, 3.05) is 0 Å². The van der Waals surface area contributed by atoms with Gasteiger partial charge in [0.25, 0.3) is 0 Å². The zero-order chi connectivity index (χ0) is 14.5. The average molecular weight is 273 g/mol. The fourth-order valence-corrected chi connectivity index (χ4v) is 2.24. The number of hydroxylamine groups is 1. The van der Waals surface area contributed by atoms with E-state index in [4.69, 9.17) is 14.7 Å². The van der Waals surface area contributed by atoms with Crippen molar-refractivity contribution < 1.29 is 24.3 Å². The molecule has 0 aromatic heterocycles. The van der Waals surface area contributed by atoms with Crippen LogP contribution in [0.4, 0.5) is 4.79 Å². The monoisotopic (exact) mass is 273 g/mol. The van der Waals surface area contributed by atoms with E-state index in [9.17, 15) is 9.59 Å². The molecule has 6 heteroatoms. The van der Waals surface area contributed by atoms with Gasteiger partial charge in [0, 0.05) is 0 Å². The third-order valence-corrected chi connectivity index (χ3v) is 2.99. The molecule has 0 spiro atoms. The van der Waals surface area contributed by atoms with E-state index in [2.05, 4.69) is 5.48 Å². The van der Waals surface area contributed by atoms with Gasteiger partial charge >= 0.3 is 12.1 Å². The highest BCUT2D eigenvalue weighted by atomic mass is 16.7. The first kappa shape index (κ1) is 15.8. The molecule has 1 rings (SSSR count). The van der Waals surface area contributed by atoms with Crippen LogP contribution in [-0.4, -0.2) is 28.4 Å². The third kappa shape index (κ3) is 5.92. The van der Waals surface area contributed by atoms with Crippen LogP contribution in [0.3, 0.4) is 0 Å². The van der Waals surface area contributed by atoms with Crippen molar-refractivity contribution in [3.05, 3.63) is 0 Å². The second-order valence-corrected chi connectivity index (χ2v) is 6.02. The number of carboxylic acid groups (broad SMARTS) is 1. The fourth-order valence-electron chi connectivity index (χ4n) is 2.24. The molecule has 1 fully saturated rings. The minimum Gasteiger partial charge on any atom is -0.481 e. The van der Waals surface area contributed by atoms with Gasteiger partial charge in [-0.05, 0) is 33.6 Å². The van der Waals surface area contributed by atoms with Gasteiger partial charge in [-0.25, -0.2) is 4.79 Å². The molecule has 1 aliphatic rings. The standard InChI is InChI=1S/C13H23NO5/c1-12(2,3)18-11(17)14-19-13(9-10(15)16)7-5-4-6-8-13/h4-9H2,1-3H3,(H,14,17)(H,15,16). The molecule has 0 unspecified atom stereocenters. The molecule has 0 aromatic rings. The van der Waals surface area contributed by atoms with Gasteiger partial charge in [0.05, 0.1) is 6.42 Å².